The van der Waals surface area contributed by atoms with E-state index in [1.54, 1.807) is 33.9 Å². The number of carbonyl (C=O) groups is 2. The molecule has 1 N–H and O–H groups in total. The third-order valence-electron chi connectivity index (χ3n) is 5.69. The summed E-state index contributed by atoms with van der Waals surface area (Å²) in [5.74, 6) is -1.19. The van der Waals surface area contributed by atoms with Crippen molar-refractivity contribution >= 4 is 38.7 Å². The van der Waals surface area contributed by atoms with Crippen LogP contribution in [0.25, 0.3) is 0 Å². The van der Waals surface area contributed by atoms with E-state index in [4.69, 9.17) is 0 Å². The highest BCUT2D eigenvalue weighted by atomic mass is 32.2. The van der Waals surface area contributed by atoms with E-state index in [9.17, 15) is 22.4 Å². The van der Waals surface area contributed by atoms with E-state index >= 15 is 0 Å². The first-order valence-electron chi connectivity index (χ1n) is 10.7. The highest BCUT2D eigenvalue weighted by molar-refractivity contribution is 7.90. The normalized spacial score (nSPS) is 15.1. The number of carbonyl (C=O) groups excluding carboxylic acids is 2. The molecule has 1 fully saturated rings. The number of sulfone groups is 1. The van der Waals surface area contributed by atoms with E-state index < -0.39 is 21.7 Å². The van der Waals surface area contributed by atoms with Crippen LogP contribution in [-0.2, 0) is 14.6 Å². The average Bonchev–Trinajstić information content (AvgIpc) is 3.37. The van der Waals surface area contributed by atoms with Crippen molar-refractivity contribution in [2.75, 3.05) is 37.3 Å². The monoisotopic (exact) mass is 501 g/mol. The molecule has 1 saturated heterocycles. The molecular weight excluding hydrogens is 477 g/mol. The van der Waals surface area contributed by atoms with Crippen molar-refractivity contribution in [1.82, 2.24) is 10.2 Å². The number of amides is 2. The lowest BCUT2D eigenvalue weighted by Gasteiger charge is -2.38. The quantitative estimate of drug-likeness (QED) is 0.561. The lowest BCUT2D eigenvalue weighted by atomic mass is 10.0. The topological polar surface area (TPSA) is 86.8 Å². The van der Waals surface area contributed by atoms with Crippen molar-refractivity contribution in [1.29, 1.82) is 0 Å². The van der Waals surface area contributed by atoms with Gasteiger partial charge in [0, 0.05) is 37.8 Å². The number of nitrogens with one attached hydrogen (secondary N) is 1. The Morgan fingerprint density at radius 1 is 1.03 bits per heavy atom. The standard InChI is InChI=1S/C24H24FN3O4S2/c1-34(31,32)21-15-19(25)7-8-20(21)27-10-12-28(13-11-27)24(30)22(17-5-3-2-4-6-17)26-23(29)18-9-14-33-16-18/h2-9,14-16,22H,10-13H2,1H3,(H,26,29)/t22-/m1/s1. The predicted octanol–water partition coefficient (Wildman–Crippen LogP) is 3.11. The molecule has 7 nitrogen and oxygen atoms in total. The zero-order valence-corrected chi connectivity index (χ0v) is 20.1. The van der Waals surface area contributed by atoms with Gasteiger partial charge in [-0.1, -0.05) is 30.3 Å². The summed E-state index contributed by atoms with van der Waals surface area (Å²) in [6.45, 7) is 1.41. The van der Waals surface area contributed by atoms with Gasteiger partial charge in [-0.2, -0.15) is 11.3 Å². The molecule has 2 amide bonds. The van der Waals surface area contributed by atoms with Gasteiger partial charge >= 0.3 is 0 Å². The first kappa shape index (κ1) is 23.9. The van der Waals surface area contributed by atoms with Gasteiger partial charge in [0.2, 0.25) is 5.91 Å². The lowest BCUT2D eigenvalue weighted by Crippen LogP contribution is -2.52. The fourth-order valence-corrected chi connectivity index (χ4v) is 5.48. The summed E-state index contributed by atoms with van der Waals surface area (Å²) < 4.78 is 38.0. The minimum Gasteiger partial charge on any atom is -0.367 e. The Hall–Kier alpha value is -3.24. The van der Waals surface area contributed by atoms with Crippen LogP contribution in [0.5, 0.6) is 0 Å². The number of anilines is 1. The number of piperazine rings is 1. The maximum Gasteiger partial charge on any atom is 0.253 e. The largest absolute Gasteiger partial charge is 0.367 e. The van der Waals surface area contributed by atoms with E-state index in [1.165, 1.54) is 23.5 Å². The van der Waals surface area contributed by atoms with Gasteiger partial charge in [-0.05, 0) is 35.2 Å². The van der Waals surface area contributed by atoms with Gasteiger partial charge < -0.3 is 15.1 Å². The van der Waals surface area contributed by atoms with E-state index in [-0.39, 0.29) is 16.7 Å². The molecular formula is C24H24FN3O4S2. The third kappa shape index (κ3) is 5.28. The van der Waals surface area contributed by atoms with Gasteiger partial charge in [-0.3, -0.25) is 9.59 Å². The SMILES string of the molecule is CS(=O)(=O)c1cc(F)ccc1N1CCN(C(=O)[C@H](NC(=O)c2ccsc2)c2ccccc2)CC1. The Balaban J connectivity index is 1.51. The Bertz CT molecular complexity index is 1270. The number of hydrogen-bond acceptors (Lipinski definition) is 6. The molecule has 0 unspecified atom stereocenters. The minimum absolute atomic E-state index is 0.0718. The second kappa shape index (κ2) is 9.94. The maximum absolute atomic E-state index is 13.7. The molecule has 0 spiro atoms. The molecule has 0 aliphatic carbocycles. The molecule has 1 atom stereocenters. The molecule has 34 heavy (non-hydrogen) atoms. The molecule has 2 heterocycles. The van der Waals surface area contributed by atoms with Gasteiger partial charge in [0.25, 0.3) is 5.91 Å². The second-order valence-corrected chi connectivity index (χ2v) is 10.8. The van der Waals surface area contributed by atoms with Gasteiger partial charge in [0.1, 0.15) is 11.9 Å². The smallest absolute Gasteiger partial charge is 0.253 e. The summed E-state index contributed by atoms with van der Waals surface area (Å²) in [6.07, 6.45) is 1.05. The predicted molar refractivity (Wildman–Crippen MR) is 129 cm³/mol. The number of thiophene rings is 1. The number of rotatable bonds is 6. The van der Waals surface area contributed by atoms with Crippen molar-refractivity contribution in [2.45, 2.75) is 10.9 Å². The fraction of sp³-hybridized carbons (Fsp3) is 0.250. The van der Waals surface area contributed by atoms with Crippen LogP contribution in [0.15, 0.2) is 70.3 Å². The molecule has 10 heteroatoms. The van der Waals surface area contributed by atoms with E-state index in [1.807, 2.05) is 23.1 Å². The highest BCUT2D eigenvalue weighted by Gasteiger charge is 2.31. The van der Waals surface area contributed by atoms with E-state index in [0.29, 0.717) is 43.0 Å². The zero-order chi connectivity index (χ0) is 24.3. The number of hydrogen-bond donors (Lipinski definition) is 1. The Morgan fingerprint density at radius 3 is 2.35 bits per heavy atom. The fourth-order valence-electron chi connectivity index (χ4n) is 3.94. The average molecular weight is 502 g/mol. The number of benzene rings is 2. The summed E-state index contributed by atoms with van der Waals surface area (Å²) in [6, 6.07) is 13.6. The summed E-state index contributed by atoms with van der Waals surface area (Å²) in [5, 5.41) is 6.38. The van der Waals surface area contributed by atoms with Gasteiger partial charge in [-0.15, -0.1) is 0 Å². The second-order valence-electron chi connectivity index (χ2n) is 8.03. The number of nitrogens with zero attached hydrogens (tertiary/aromatic N) is 2. The Labute approximate surface area is 201 Å². The van der Waals surface area contributed by atoms with Crippen molar-refractivity contribution in [3.8, 4) is 0 Å². The van der Waals surface area contributed by atoms with Crippen LogP contribution in [0.1, 0.15) is 22.0 Å². The molecule has 0 saturated carbocycles. The van der Waals surface area contributed by atoms with Crippen LogP contribution in [0, 0.1) is 5.82 Å². The van der Waals surface area contributed by atoms with Crippen LogP contribution in [-0.4, -0.2) is 57.6 Å². The van der Waals surface area contributed by atoms with Gasteiger partial charge in [0.15, 0.2) is 9.84 Å². The number of halogens is 1. The minimum atomic E-state index is -3.63. The summed E-state index contributed by atoms with van der Waals surface area (Å²) in [5.41, 5.74) is 1.59. The van der Waals surface area contributed by atoms with Crippen molar-refractivity contribution < 1.29 is 22.4 Å². The maximum atomic E-state index is 13.7. The highest BCUT2D eigenvalue weighted by Crippen LogP contribution is 2.28. The summed E-state index contributed by atoms with van der Waals surface area (Å²) in [7, 11) is -3.63. The molecule has 1 aliphatic heterocycles. The zero-order valence-electron chi connectivity index (χ0n) is 18.5. The van der Waals surface area contributed by atoms with Crippen LogP contribution < -0.4 is 10.2 Å². The molecule has 1 aliphatic rings. The first-order chi connectivity index (χ1) is 16.2. The summed E-state index contributed by atoms with van der Waals surface area (Å²) in [4.78, 5) is 29.6. The van der Waals surface area contributed by atoms with Crippen LogP contribution in [0.3, 0.4) is 0 Å². The molecule has 3 aromatic rings. The van der Waals surface area contributed by atoms with Gasteiger partial charge in [0.05, 0.1) is 16.1 Å². The van der Waals surface area contributed by atoms with Crippen molar-refractivity contribution in [3.63, 3.8) is 0 Å². The molecule has 2 aromatic carbocycles. The Morgan fingerprint density at radius 2 is 1.74 bits per heavy atom. The van der Waals surface area contributed by atoms with Crippen molar-refractivity contribution in [2.24, 2.45) is 0 Å². The van der Waals surface area contributed by atoms with Crippen LogP contribution >= 0.6 is 11.3 Å². The lowest BCUT2D eigenvalue weighted by molar-refractivity contribution is -0.133. The van der Waals surface area contributed by atoms with E-state index in [2.05, 4.69) is 5.32 Å². The van der Waals surface area contributed by atoms with Crippen LogP contribution in [0.4, 0.5) is 10.1 Å². The van der Waals surface area contributed by atoms with Crippen molar-refractivity contribution in [3.05, 3.63) is 82.3 Å². The van der Waals surface area contributed by atoms with Crippen LogP contribution in [0.2, 0.25) is 0 Å². The van der Waals surface area contributed by atoms with Gasteiger partial charge in [-0.25, -0.2) is 12.8 Å². The van der Waals surface area contributed by atoms with E-state index in [0.717, 1.165) is 12.3 Å². The molecule has 0 bridgehead atoms. The molecule has 0 radical (unpaired) electrons. The Kier molecular flexibility index (Phi) is 6.99. The first-order valence-corrected chi connectivity index (χ1v) is 13.5. The molecule has 1 aromatic heterocycles. The third-order valence-corrected chi connectivity index (χ3v) is 7.50. The molecule has 178 valence electrons. The molecule has 4 rings (SSSR count). The summed E-state index contributed by atoms with van der Waals surface area (Å²) >= 11 is 1.40.